The maximum Gasteiger partial charge on any atom is 0.253 e. The Hall–Kier alpha value is -2.82. The van der Waals surface area contributed by atoms with Gasteiger partial charge in [0, 0.05) is 36.4 Å². The Balaban J connectivity index is 1.86. The number of anilines is 2. The first-order valence-electron chi connectivity index (χ1n) is 12.0. The molecular formula is C27H37N3O2. The molecule has 1 unspecified atom stereocenters. The van der Waals surface area contributed by atoms with Crippen molar-refractivity contribution in [3.05, 3.63) is 59.2 Å². The standard InChI is InChI=1S/C27H37N3O2/c1-5-7-10-20(6-2)26(31)29-23-13-14-25(24(17-23)27(32)28-19(3)4)30-16-15-21-11-8-9-12-22(21)18-30/h8-9,11-14,17,19-20H,5-7,10,15-16,18H2,1-4H3,(H,28,32)(H,29,31). The fourth-order valence-corrected chi connectivity index (χ4v) is 4.33. The molecule has 0 radical (unpaired) electrons. The molecule has 172 valence electrons. The first-order valence-corrected chi connectivity index (χ1v) is 12.0. The third-order valence-electron chi connectivity index (χ3n) is 6.17. The summed E-state index contributed by atoms with van der Waals surface area (Å²) in [7, 11) is 0. The van der Waals surface area contributed by atoms with Gasteiger partial charge in [0.25, 0.3) is 5.91 Å². The summed E-state index contributed by atoms with van der Waals surface area (Å²) in [5.74, 6) is -0.0695. The van der Waals surface area contributed by atoms with Gasteiger partial charge < -0.3 is 15.5 Å². The number of fused-ring (bicyclic) bond motifs is 1. The van der Waals surface area contributed by atoms with E-state index in [9.17, 15) is 9.59 Å². The first kappa shape index (κ1) is 23.8. The van der Waals surface area contributed by atoms with Crippen LogP contribution in [-0.2, 0) is 17.8 Å². The Labute approximate surface area is 192 Å². The van der Waals surface area contributed by atoms with Gasteiger partial charge in [0.05, 0.1) is 5.56 Å². The number of nitrogens with zero attached hydrogens (tertiary/aromatic N) is 1. The molecule has 2 amide bonds. The summed E-state index contributed by atoms with van der Waals surface area (Å²) < 4.78 is 0. The van der Waals surface area contributed by atoms with Crippen LogP contribution >= 0.6 is 0 Å². The molecule has 0 aliphatic carbocycles. The van der Waals surface area contributed by atoms with Crippen LogP contribution in [0, 0.1) is 5.92 Å². The number of carbonyl (C=O) groups excluding carboxylic acids is 2. The zero-order valence-electron chi connectivity index (χ0n) is 19.9. The lowest BCUT2D eigenvalue weighted by Crippen LogP contribution is -2.35. The highest BCUT2D eigenvalue weighted by molar-refractivity contribution is 6.02. The van der Waals surface area contributed by atoms with Crippen LogP contribution in [0.15, 0.2) is 42.5 Å². The lowest BCUT2D eigenvalue weighted by Gasteiger charge is -2.32. The van der Waals surface area contributed by atoms with Gasteiger partial charge in [-0.25, -0.2) is 0 Å². The third-order valence-corrected chi connectivity index (χ3v) is 6.17. The van der Waals surface area contributed by atoms with Crippen molar-refractivity contribution in [2.45, 2.75) is 72.4 Å². The Kier molecular flexibility index (Phi) is 8.32. The number of benzene rings is 2. The maximum atomic E-state index is 13.1. The van der Waals surface area contributed by atoms with Gasteiger partial charge in [-0.1, -0.05) is 51.0 Å². The van der Waals surface area contributed by atoms with E-state index in [-0.39, 0.29) is 23.8 Å². The number of nitrogens with one attached hydrogen (secondary N) is 2. The topological polar surface area (TPSA) is 61.4 Å². The van der Waals surface area contributed by atoms with Gasteiger partial charge in [-0.15, -0.1) is 0 Å². The van der Waals surface area contributed by atoms with Crippen LogP contribution in [0.1, 0.15) is 74.9 Å². The summed E-state index contributed by atoms with van der Waals surface area (Å²) in [6, 6.07) is 14.3. The van der Waals surface area contributed by atoms with Crippen molar-refractivity contribution in [2.75, 3.05) is 16.8 Å². The Morgan fingerprint density at radius 3 is 2.50 bits per heavy atom. The summed E-state index contributed by atoms with van der Waals surface area (Å²) in [5, 5.41) is 6.08. The average Bonchev–Trinajstić information content (AvgIpc) is 2.78. The minimum absolute atomic E-state index is 0.00108. The van der Waals surface area contributed by atoms with E-state index in [2.05, 4.69) is 53.6 Å². The SMILES string of the molecule is CCCCC(CC)C(=O)Nc1ccc(N2CCc3ccccc3C2)c(C(=O)NC(C)C)c1. The number of unbranched alkanes of at least 4 members (excludes halogenated alkanes) is 1. The predicted octanol–water partition coefficient (Wildman–Crippen LogP) is 5.54. The fourth-order valence-electron chi connectivity index (χ4n) is 4.33. The molecule has 5 heteroatoms. The van der Waals surface area contributed by atoms with Crippen LogP contribution in [0.2, 0.25) is 0 Å². The molecule has 1 aliphatic rings. The van der Waals surface area contributed by atoms with E-state index in [1.807, 2.05) is 32.0 Å². The molecule has 0 aromatic heterocycles. The molecule has 2 N–H and O–H groups in total. The van der Waals surface area contributed by atoms with Crippen LogP contribution in [0.25, 0.3) is 0 Å². The second-order valence-corrected chi connectivity index (χ2v) is 9.04. The summed E-state index contributed by atoms with van der Waals surface area (Å²) in [6.45, 7) is 9.75. The van der Waals surface area contributed by atoms with Crippen molar-refractivity contribution in [1.29, 1.82) is 0 Å². The fraction of sp³-hybridized carbons (Fsp3) is 0.481. The molecule has 1 atom stereocenters. The Morgan fingerprint density at radius 1 is 1.06 bits per heavy atom. The maximum absolute atomic E-state index is 13.1. The highest BCUT2D eigenvalue weighted by Gasteiger charge is 2.23. The first-order chi connectivity index (χ1) is 15.4. The van der Waals surface area contributed by atoms with E-state index in [4.69, 9.17) is 0 Å². The highest BCUT2D eigenvalue weighted by atomic mass is 16.2. The monoisotopic (exact) mass is 435 g/mol. The van der Waals surface area contributed by atoms with Crippen molar-refractivity contribution >= 4 is 23.2 Å². The van der Waals surface area contributed by atoms with Gasteiger partial charge in [-0.2, -0.15) is 0 Å². The molecule has 5 nitrogen and oxygen atoms in total. The van der Waals surface area contributed by atoms with Gasteiger partial charge in [0.15, 0.2) is 0 Å². The van der Waals surface area contributed by atoms with Crippen molar-refractivity contribution in [1.82, 2.24) is 5.32 Å². The van der Waals surface area contributed by atoms with E-state index < -0.39 is 0 Å². The van der Waals surface area contributed by atoms with E-state index in [0.717, 1.165) is 50.9 Å². The molecule has 1 heterocycles. The number of rotatable bonds is 9. The molecule has 32 heavy (non-hydrogen) atoms. The molecule has 0 bridgehead atoms. The third kappa shape index (κ3) is 5.90. The van der Waals surface area contributed by atoms with Gasteiger partial charge >= 0.3 is 0 Å². The Bertz CT molecular complexity index is 938. The summed E-state index contributed by atoms with van der Waals surface area (Å²) in [4.78, 5) is 28.2. The quantitative estimate of drug-likeness (QED) is 0.543. The molecule has 2 aromatic carbocycles. The molecule has 0 fully saturated rings. The molecule has 0 saturated carbocycles. The molecular weight excluding hydrogens is 398 g/mol. The Morgan fingerprint density at radius 2 is 1.81 bits per heavy atom. The van der Waals surface area contributed by atoms with E-state index in [0.29, 0.717) is 11.3 Å². The van der Waals surface area contributed by atoms with Gasteiger partial charge in [-0.05, 0) is 62.4 Å². The normalized spacial score (nSPS) is 14.1. The van der Waals surface area contributed by atoms with E-state index in [1.54, 1.807) is 0 Å². The largest absolute Gasteiger partial charge is 0.366 e. The second-order valence-electron chi connectivity index (χ2n) is 9.04. The zero-order chi connectivity index (χ0) is 23.1. The van der Waals surface area contributed by atoms with Crippen LogP contribution < -0.4 is 15.5 Å². The molecule has 0 saturated heterocycles. The second kappa shape index (κ2) is 11.2. The predicted molar refractivity (Wildman–Crippen MR) is 132 cm³/mol. The van der Waals surface area contributed by atoms with Crippen molar-refractivity contribution < 1.29 is 9.59 Å². The molecule has 0 spiro atoms. The van der Waals surface area contributed by atoms with Gasteiger partial charge in [0.1, 0.15) is 0 Å². The lowest BCUT2D eigenvalue weighted by molar-refractivity contribution is -0.120. The smallest absolute Gasteiger partial charge is 0.253 e. The molecule has 3 rings (SSSR count). The summed E-state index contributed by atoms with van der Waals surface area (Å²) in [5.41, 5.74) is 4.87. The van der Waals surface area contributed by atoms with Crippen molar-refractivity contribution in [2.24, 2.45) is 5.92 Å². The van der Waals surface area contributed by atoms with Crippen LogP contribution in [0.5, 0.6) is 0 Å². The van der Waals surface area contributed by atoms with Gasteiger partial charge in [0.2, 0.25) is 5.91 Å². The number of hydrogen-bond acceptors (Lipinski definition) is 3. The highest BCUT2D eigenvalue weighted by Crippen LogP contribution is 2.30. The average molecular weight is 436 g/mol. The number of hydrogen-bond donors (Lipinski definition) is 2. The van der Waals surface area contributed by atoms with E-state index in [1.165, 1.54) is 11.1 Å². The van der Waals surface area contributed by atoms with E-state index >= 15 is 0 Å². The number of carbonyl (C=O) groups is 2. The molecule has 1 aliphatic heterocycles. The van der Waals surface area contributed by atoms with Gasteiger partial charge in [-0.3, -0.25) is 9.59 Å². The molecule has 2 aromatic rings. The van der Waals surface area contributed by atoms with Crippen LogP contribution in [0.4, 0.5) is 11.4 Å². The van der Waals surface area contributed by atoms with Crippen molar-refractivity contribution in [3.8, 4) is 0 Å². The lowest BCUT2D eigenvalue weighted by atomic mass is 9.97. The summed E-state index contributed by atoms with van der Waals surface area (Å²) >= 11 is 0. The number of amides is 2. The zero-order valence-corrected chi connectivity index (χ0v) is 19.9. The van der Waals surface area contributed by atoms with Crippen molar-refractivity contribution in [3.63, 3.8) is 0 Å². The van der Waals surface area contributed by atoms with Crippen LogP contribution in [-0.4, -0.2) is 24.4 Å². The van der Waals surface area contributed by atoms with Crippen LogP contribution in [0.3, 0.4) is 0 Å². The summed E-state index contributed by atoms with van der Waals surface area (Å²) in [6.07, 6.45) is 4.79. The minimum Gasteiger partial charge on any atom is -0.366 e. The minimum atomic E-state index is -0.108.